The van der Waals surface area contributed by atoms with E-state index in [1.807, 2.05) is 47.0 Å². The van der Waals surface area contributed by atoms with Crippen molar-refractivity contribution in [3.8, 4) is 11.3 Å². The van der Waals surface area contributed by atoms with Crippen molar-refractivity contribution < 1.29 is 14.3 Å². The molecule has 4 rings (SSSR count). The van der Waals surface area contributed by atoms with Gasteiger partial charge in [0.1, 0.15) is 5.65 Å². The number of aromatic nitrogens is 2. The minimum atomic E-state index is -0.524. The van der Waals surface area contributed by atoms with Gasteiger partial charge >= 0.3 is 6.09 Å². The van der Waals surface area contributed by atoms with Crippen LogP contribution in [0.4, 0.5) is 16.2 Å². The van der Waals surface area contributed by atoms with E-state index in [9.17, 15) is 9.59 Å². The molecule has 2 amide bonds. The molecular formula is C26H26N4O3. The third-order valence-corrected chi connectivity index (χ3v) is 5.59. The normalized spacial score (nSPS) is 10.9. The van der Waals surface area contributed by atoms with E-state index in [4.69, 9.17) is 0 Å². The highest BCUT2D eigenvalue weighted by Crippen LogP contribution is 2.28. The minimum Gasteiger partial charge on any atom is -0.453 e. The fourth-order valence-electron chi connectivity index (χ4n) is 3.80. The molecule has 2 aromatic heterocycles. The van der Waals surface area contributed by atoms with Crippen molar-refractivity contribution in [2.24, 2.45) is 0 Å². The first kappa shape index (κ1) is 22.1. The van der Waals surface area contributed by atoms with Crippen LogP contribution < -0.4 is 10.2 Å². The Morgan fingerprint density at radius 1 is 1.03 bits per heavy atom. The van der Waals surface area contributed by atoms with Gasteiger partial charge in [0, 0.05) is 30.2 Å². The Morgan fingerprint density at radius 3 is 2.45 bits per heavy atom. The number of imidazole rings is 1. The van der Waals surface area contributed by atoms with E-state index in [1.165, 1.54) is 7.11 Å². The first-order chi connectivity index (χ1) is 15.9. The summed E-state index contributed by atoms with van der Waals surface area (Å²) in [5, 5.41) is 2.63. The lowest BCUT2D eigenvalue weighted by Crippen LogP contribution is -2.27. The fraction of sp³-hybridized carbons (Fsp3) is 0.192. The van der Waals surface area contributed by atoms with Crippen LogP contribution in [0, 0.1) is 0 Å². The molecule has 7 heteroatoms. The molecule has 168 valence electrons. The third-order valence-electron chi connectivity index (χ3n) is 5.59. The zero-order chi connectivity index (χ0) is 23.5. The molecule has 0 fully saturated rings. The van der Waals surface area contributed by atoms with E-state index < -0.39 is 6.09 Å². The number of rotatable bonds is 5. The van der Waals surface area contributed by atoms with Crippen molar-refractivity contribution in [2.45, 2.75) is 19.8 Å². The Labute approximate surface area is 192 Å². The molecule has 0 aliphatic rings. The number of anilines is 2. The molecule has 0 atom stereocenters. The van der Waals surface area contributed by atoms with Crippen molar-refractivity contribution >= 4 is 29.0 Å². The van der Waals surface area contributed by atoms with Gasteiger partial charge in [0.25, 0.3) is 5.91 Å². The molecule has 0 radical (unpaired) electrons. The standard InChI is InChI=1S/C26H26N4O3/c1-17(2)21-7-5-6-8-22(21)29(3)25(31)19-11-14-24-27-15-23(30(24)16-19)18-9-12-20(13-10-18)28-26(32)33-4/h5-17H,1-4H3,(H,28,32). The molecule has 1 N–H and O–H groups in total. The molecule has 0 spiro atoms. The summed E-state index contributed by atoms with van der Waals surface area (Å²) < 4.78 is 6.52. The van der Waals surface area contributed by atoms with Crippen LogP contribution in [0.3, 0.4) is 0 Å². The van der Waals surface area contributed by atoms with Gasteiger partial charge in [0.15, 0.2) is 0 Å². The number of ether oxygens (including phenoxy) is 1. The number of fused-ring (bicyclic) bond motifs is 1. The zero-order valence-electron chi connectivity index (χ0n) is 19.1. The van der Waals surface area contributed by atoms with Crippen LogP contribution in [0.5, 0.6) is 0 Å². The van der Waals surface area contributed by atoms with Crippen LogP contribution in [-0.2, 0) is 4.74 Å². The maximum atomic E-state index is 13.3. The highest BCUT2D eigenvalue weighted by atomic mass is 16.5. The van der Waals surface area contributed by atoms with Gasteiger partial charge in [-0.05, 0) is 41.8 Å². The van der Waals surface area contributed by atoms with Crippen molar-refractivity contribution in [2.75, 3.05) is 24.4 Å². The van der Waals surface area contributed by atoms with Gasteiger partial charge in [-0.2, -0.15) is 0 Å². The predicted molar refractivity (Wildman–Crippen MR) is 130 cm³/mol. The van der Waals surface area contributed by atoms with Crippen molar-refractivity contribution in [3.63, 3.8) is 0 Å². The second-order valence-corrected chi connectivity index (χ2v) is 8.06. The van der Waals surface area contributed by atoms with E-state index in [0.29, 0.717) is 17.2 Å². The summed E-state index contributed by atoms with van der Waals surface area (Å²) in [5.74, 6) is 0.207. The van der Waals surface area contributed by atoms with Gasteiger partial charge in [-0.1, -0.05) is 44.2 Å². The molecule has 0 unspecified atom stereocenters. The number of hydrogen-bond donors (Lipinski definition) is 1. The summed E-state index contributed by atoms with van der Waals surface area (Å²) in [6.45, 7) is 4.24. The Kier molecular flexibility index (Phi) is 6.13. The monoisotopic (exact) mass is 442 g/mol. The first-order valence-electron chi connectivity index (χ1n) is 10.7. The topological polar surface area (TPSA) is 75.9 Å². The number of para-hydroxylation sites is 1. The number of pyridine rings is 1. The highest BCUT2D eigenvalue weighted by Gasteiger charge is 2.19. The SMILES string of the molecule is COC(=O)Nc1ccc(-c2cnc3ccc(C(=O)N(C)c4ccccc4C(C)C)cn23)cc1. The van der Waals surface area contributed by atoms with Gasteiger partial charge in [0.05, 0.1) is 24.6 Å². The Morgan fingerprint density at radius 2 is 1.76 bits per heavy atom. The number of benzene rings is 2. The molecule has 0 aliphatic carbocycles. The Hall–Kier alpha value is -4.13. The van der Waals surface area contributed by atoms with E-state index >= 15 is 0 Å². The zero-order valence-corrected chi connectivity index (χ0v) is 19.1. The summed E-state index contributed by atoms with van der Waals surface area (Å²) in [7, 11) is 3.12. The lowest BCUT2D eigenvalue weighted by atomic mass is 10.0. The first-order valence-corrected chi connectivity index (χ1v) is 10.7. The minimum absolute atomic E-state index is 0.0951. The van der Waals surface area contributed by atoms with Crippen LogP contribution in [0.15, 0.2) is 73.1 Å². The van der Waals surface area contributed by atoms with Crippen LogP contribution >= 0.6 is 0 Å². The molecule has 0 saturated carbocycles. The number of carbonyl (C=O) groups excluding carboxylic acids is 2. The summed E-state index contributed by atoms with van der Waals surface area (Å²) in [5.41, 5.74) is 5.70. The lowest BCUT2D eigenvalue weighted by molar-refractivity contribution is 0.0992. The Bertz CT molecular complexity index is 1310. The Balaban J connectivity index is 1.66. The number of methoxy groups -OCH3 is 1. The second-order valence-electron chi connectivity index (χ2n) is 8.06. The smallest absolute Gasteiger partial charge is 0.411 e. The van der Waals surface area contributed by atoms with Gasteiger partial charge < -0.3 is 9.64 Å². The average molecular weight is 443 g/mol. The third kappa shape index (κ3) is 4.43. The van der Waals surface area contributed by atoms with Gasteiger partial charge in [-0.15, -0.1) is 0 Å². The van der Waals surface area contributed by atoms with Crippen LogP contribution in [0.2, 0.25) is 0 Å². The van der Waals surface area contributed by atoms with Crippen molar-refractivity contribution in [1.82, 2.24) is 9.38 Å². The van der Waals surface area contributed by atoms with Gasteiger partial charge in [0.2, 0.25) is 0 Å². The lowest BCUT2D eigenvalue weighted by Gasteiger charge is -2.22. The molecule has 7 nitrogen and oxygen atoms in total. The highest BCUT2D eigenvalue weighted by molar-refractivity contribution is 6.06. The van der Waals surface area contributed by atoms with Gasteiger partial charge in [-0.25, -0.2) is 9.78 Å². The molecular weight excluding hydrogens is 416 g/mol. The van der Waals surface area contributed by atoms with Crippen LogP contribution in [-0.4, -0.2) is 35.5 Å². The quantitative estimate of drug-likeness (QED) is 0.438. The molecule has 33 heavy (non-hydrogen) atoms. The maximum Gasteiger partial charge on any atom is 0.411 e. The number of carbonyl (C=O) groups is 2. The average Bonchev–Trinajstić information content (AvgIpc) is 3.26. The summed E-state index contributed by atoms with van der Waals surface area (Å²) in [6, 6.07) is 18.9. The molecule has 0 aliphatic heterocycles. The van der Waals surface area contributed by atoms with Crippen LogP contribution in [0.25, 0.3) is 16.9 Å². The van der Waals surface area contributed by atoms with Crippen molar-refractivity contribution in [1.29, 1.82) is 0 Å². The molecule has 2 heterocycles. The largest absolute Gasteiger partial charge is 0.453 e. The van der Waals surface area contributed by atoms with E-state index in [-0.39, 0.29) is 5.91 Å². The second kappa shape index (κ2) is 9.16. The summed E-state index contributed by atoms with van der Waals surface area (Å²) in [4.78, 5) is 30.9. The molecule has 4 aromatic rings. The predicted octanol–water partition coefficient (Wildman–Crippen LogP) is 5.58. The maximum absolute atomic E-state index is 13.3. The van der Waals surface area contributed by atoms with E-state index in [0.717, 1.165) is 28.2 Å². The van der Waals surface area contributed by atoms with Gasteiger partial charge in [-0.3, -0.25) is 14.5 Å². The fourth-order valence-corrected chi connectivity index (χ4v) is 3.80. The number of amides is 2. The summed E-state index contributed by atoms with van der Waals surface area (Å²) in [6.07, 6.45) is 3.06. The molecule has 0 bridgehead atoms. The summed E-state index contributed by atoms with van der Waals surface area (Å²) >= 11 is 0. The molecule has 2 aromatic carbocycles. The van der Waals surface area contributed by atoms with Crippen molar-refractivity contribution in [3.05, 3.63) is 84.2 Å². The van der Waals surface area contributed by atoms with E-state index in [1.54, 1.807) is 36.3 Å². The number of hydrogen-bond acceptors (Lipinski definition) is 4. The van der Waals surface area contributed by atoms with E-state index in [2.05, 4.69) is 35.0 Å². The van der Waals surface area contributed by atoms with Crippen LogP contribution in [0.1, 0.15) is 35.7 Å². The number of nitrogens with zero attached hydrogens (tertiary/aromatic N) is 3. The molecule has 0 saturated heterocycles. The number of nitrogens with one attached hydrogen (secondary N) is 1.